The Hall–Kier alpha value is -0.460. The molecule has 2 heterocycles. The molecule has 2 aromatic heterocycles. The molecule has 1 N–H and O–H groups in total. The molecule has 0 saturated heterocycles. The number of pyridine rings is 1. The standard InChI is InChI=1S/C9H10N2OS3/c1-9(2,15-13)8-11-5-3-4-10-7(12)6(5)14-8/h3-4,13H,1-2H3,(H,10,12). The van der Waals surface area contributed by atoms with Crippen molar-refractivity contribution < 1.29 is 0 Å². The summed E-state index contributed by atoms with van der Waals surface area (Å²) in [5.41, 5.74) is 0.686. The van der Waals surface area contributed by atoms with Crippen molar-refractivity contribution in [2.24, 2.45) is 0 Å². The highest BCUT2D eigenvalue weighted by molar-refractivity contribution is 8.69. The van der Waals surface area contributed by atoms with Gasteiger partial charge in [-0.05, 0) is 19.9 Å². The topological polar surface area (TPSA) is 45.8 Å². The first kappa shape index (κ1) is 11.0. The van der Waals surface area contributed by atoms with Gasteiger partial charge in [-0.25, -0.2) is 4.98 Å². The van der Waals surface area contributed by atoms with Gasteiger partial charge < -0.3 is 4.98 Å². The number of aromatic nitrogens is 2. The minimum atomic E-state index is -0.167. The fraction of sp³-hybridized carbons (Fsp3) is 0.333. The molecule has 0 radical (unpaired) electrons. The van der Waals surface area contributed by atoms with E-state index in [0.717, 1.165) is 10.5 Å². The maximum absolute atomic E-state index is 11.5. The molecule has 3 nitrogen and oxygen atoms in total. The van der Waals surface area contributed by atoms with Gasteiger partial charge in [0.25, 0.3) is 5.56 Å². The van der Waals surface area contributed by atoms with Crippen LogP contribution in [-0.2, 0) is 4.75 Å². The lowest BCUT2D eigenvalue weighted by atomic mass is 10.2. The first-order chi connectivity index (χ1) is 7.04. The van der Waals surface area contributed by atoms with Crippen molar-refractivity contribution in [3.63, 3.8) is 0 Å². The molecule has 80 valence electrons. The minimum Gasteiger partial charge on any atom is -0.328 e. The number of thiazole rings is 1. The van der Waals surface area contributed by atoms with E-state index in [2.05, 4.69) is 21.6 Å². The van der Waals surface area contributed by atoms with Crippen LogP contribution in [0.1, 0.15) is 18.9 Å². The van der Waals surface area contributed by atoms with Crippen molar-refractivity contribution in [2.45, 2.75) is 18.6 Å². The van der Waals surface area contributed by atoms with Gasteiger partial charge in [-0.15, -0.1) is 23.0 Å². The van der Waals surface area contributed by atoms with E-state index in [1.54, 1.807) is 6.20 Å². The molecule has 0 atom stereocenters. The van der Waals surface area contributed by atoms with Gasteiger partial charge >= 0.3 is 0 Å². The molecule has 6 heteroatoms. The quantitative estimate of drug-likeness (QED) is 0.643. The number of H-pyrrole nitrogens is 1. The molecule has 2 aromatic rings. The number of fused-ring (bicyclic) bond motifs is 1. The van der Waals surface area contributed by atoms with E-state index in [4.69, 9.17) is 0 Å². The number of aromatic amines is 1. The highest BCUT2D eigenvalue weighted by Crippen LogP contribution is 2.40. The Kier molecular flexibility index (Phi) is 2.83. The molecule has 0 aliphatic carbocycles. The third-order valence-electron chi connectivity index (χ3n) is 2.06. The summed E-state index contributed by atoms with van der Waals surface area (Å²) < 4.78 is 0.516. The van der Waals surface area contributed by atoms with Crippen LogP contribution in [0.2, 0.25) is 0 Å². The summed E-state index contributed by atoms with van der Waals surface area (Å²) in [6.45, 7) is 4.08. The van der Waals surface area contributed by atoms with Gasteiger partial charge in [-0.2, -0.15) is 0 Å². The fourth-order valence-electron chi connectivity index (χ4n) is 1.17. The minimum absolute atomic E-state index is 0.0729. The molecule has 0 unspecified atom stereocenters. The molecule has 2 rings (SSSR count). The van der Waals surface area contributed by atoms with Crippen molar-refractivity contribution in [2.75, 3.05) is 0 Å². The summed E-state index contributed by atoms with van der Waals surface area (Å²) in [7, 11) is 1.43. The lowest BCUT2D eigenvalue weighted by Crippen LogP contribution is -2.08. The highest BCUT2D eigenvalue weighted by Gasteiger charge is 2.24. The largest absolute Gasteiger partial charge is 0.328 e. The van der Waals surface area contributed by atoms with E-state index in [1.165, 1.54) is 22.1 Å². The molecule has 15 heavy (non-hydrogen) atoms. The van der Waals surface area contributed by atoms with Crippen molar-refractivity contribution in [1.29, 1.82) is 0 Å². The predicted octanol–water partition coefficient (Wildman–Crippen LogP) is 2.80. The fourth-order valence-corrected chi connectivity index (χ4v) is 2.94. The molecule has 0 bridgehead atoms. The second-order valence-electron chi connectivity index (χ2n) is 3.64. The van der Waals surface area contributed by atoms with Crippen LogP contribution in [0.4, 0.5) is 0 Å². The lowest BCUT2D eigenvalue weighted by molar-refractivity contribution is 0.782. The number of hydrogen-bond acceptors (Lipinski definition) is 5. The van der Waals surface area contributed by atoms with Crippen molar-refractivity contribution in [3.05, 3.63) is 27.6 Å². The summed E-state index contributed by atoms with van der Waals surface area (Å²) in [6, 6.07) is 1.82. The molecular formula is C9H10N2OS3. The molecule has 0 fully saturated rings. The van der Waals surface area contributed by atoms with Crippen molar-refractivity contribution >= 4 is 44.0 Å². The second-order valence-corrected chi connectivity index (χ2v) is 6.39. The molecular weight excluding hydrogens is 248 g/mol. The van der Waals surface area contributed by atoms with E-state index in [-0.39, 0.29) is 10.3 Å². The number of nitrogens with zero attached hydrogens (tertiary/aromatic N) is 1. The third kappa shape index (κ3) is 1.93. The number of thiol groups is 1. The van der Waals surface area contributed by atoms with Crippen LogP contribution < -0.4 is 5.56 Å². The first-order valence-corrected chi connectivity index (χ1v) is 7.04. The Labute approximate surface area is 100 Å². The number of hydrogen-bond donors (Lipinski definition) is 2. The third-order valence-corrected chi connectivity index (χ3v) is 5.60. The van der Waals surface area contributed by atoms with Gasteiger partial charge in [0.2, 0.25) is 0 Å². The average Bonchev–Trinajstić information content (AvgIpc) is 2.64. The molecule has 0 amide bonds. The lowest BCUT2D eigenvalue weighted by Gasteiger charge is -2.16. The van der Waals surface area contributed by atoms with Crippen LogP contribution >= 0.6 is 33.8 Å². The van der Waals surface area contributed by atoms with Crippen LogP contribution in [0, 0.1) is 0 Å². The highest BCUT2D eigenvalue weighted by atomic mass is 33.1. The zero-order valence-electron chi connectivity index (χ0n) is 8.27. The molecule has 0 aliphatic rings. The smallest absolute Gasteiger partial charge is 0.267 e. The van der Waals surface area contributed by atoms with Gasteiger partial charge in [0, 0.05) is 6.20 Å². The summed E-state index contributed by atoms with van der Waals surface area (Å²) in [5.74, 6) is 0. The SMILES string of the molecule is CC(C)(SS)c1nc2cc[nH]c(=O)c2s1. The van der Waals surface area contributed by atoms with Crippen LogP contribution in [0.25, 0.3) is 10.2 Å². The van der Waals surface area contributed by atoms with Crippen LogP contribution in [0.5, 0.6) is 0 Å². The van der Waals surface area contributed by atoms with Crippen LogP contribution in [0.15, 0.2) is 17.1 Å². The van der Waals surface area contributed by atoms with E-state index in [0.29, 0.717) is 4.70 Å². The van der Waals surface area contributed by atoms with Crippen molar-refractivity contribution in [1.82, 2.24) is 9.97 Å². The van der Waals surface area contributed by atoms with Gasteiger partial charge in [0.1, 0.15) is 9.71 Å². The molecule has 0 aliphatic heterocycles. The Morgan fingerprint density at radius 2 is 2.33 bits per heavy atom. The van der Waals surface area contributed by atoms with E-state index >= 15 is 0 Å². The zero-order valence-corrected chi connectivity index (χ0v) is 10.8. The Bertz CT molecular complexity index is 544. The van der Waals surface area contributed by atoms with Gasteiger partial charge in [0.05, 0.1) is 10.3 Å². The molecule has 0 saturated carbocycles. The average molecular weight is 258 g/mol. The van der Waals surface area contributed by atoms with E-state index in [1.807, 2.05) is 19.9 Å². The Balaban J connectivity index is 2.67. The van der Waals surface area contributed by atoms with Crippen LogP contribution in [0.3, 0.4) is 0 Å². The van der Waals surface area contributed by atoms with Gasteiger partial charge in [0.15, 0.2) is 0 Å². The maximum atomic E-state index is 11.5. The zero-order chi connectivity index (χ0) is 11.1. The Morgan fingerprint density at radius 3 is 2.93 bits per heavy atom. The number of rotatable bonds is 2. The predicted molar refractivity (Wildman–Crippen MR) is 69.8 cm³/mol. The summed E-state index contributed by atoms with van der Waals surface area (Å²) >= 11 is 5.65. The molecule has 0 spiro atoms. The number of nitrogens with one attached hydrogen (secondary N) is 1. The van der Waals surface area contributed by atoms with Gasteiger partial charge in [-0.1, -0.05) is 10.8 Å². The maximum Gasteiger partial charge on any atom is 0.267 e. The van der Waals surface area contributed by atoms with Gasteiger partial charge in [-0.3, -0.25) is 4.79 Å². The van der Waals surface area contributed by atoms with E-state index < -0.39 is 0 Å². The van der Waals surface area contributed by atoms with E-state index in [9.17, 15) is 4.79 Å². The van der Waals surface area contributed by atoms with Crippen molar-refractivity contribution in [3.8, 4) is 0 Å². The summed E-state index contributed by atoms with van der Waals surface area (Å²) in [4.78, 5) is 18.6. The monoisotopic (exact) mass is 258 g/mol. The molecule has 0 aromatic carbocycles. The normalized spacial score (nSPS) is 12.2. The second kappa shape index (κ2) is 3.84. The summed E-state index contributed by atoms with van der Waals surface area (Å²) in [5, 5.41) is 0.925. The Morgan fingerprint density at radius 1 is 1.60 bits per heavy atom. The summed E-state index contributed by atoms with van der Waals surface area (Å²) in [6.07, 6.45) is 1.62. The van der Waals surface area contributed by atoms with Crippen LogP contribution in [-0.4, -0.2) is 9.97 Å². The first-order valence-electron chi connectivity index (χ1n) is 4.36.